The fraction of sp³-hybridized carbons (Fsp3) is 0.227. The molecule has 0 saturated carbocycles. The lowest BCUT2D eigenvalue weighted by Crippen LogP contribution is -2.24. The first-order valence-corrected chi connectivity index (χ1v) is 9.05. The predicted molar refractivity (Wildman–Crippen MR) is 110 cm³/mol. The van der Waals surface area contributed by atoms with Gasteiger partial charge in [-0.15, -0.1) is 0 Å². The van der Waals surface area contributed by atoms with E-state index in [1.165, 1.54) is 0 Å². The fourth-order valence-electron chi connectivity index (χ4n) is 3.03. The van der Waals surface area contributed by atoms with E-state index in [0.717, 1.165) is 28.1 Å². The smallest absolute Gasteiger partial charge is 0.270 e. The van der Waals surface area contributed by atoms with E-state index in [-0.39, 0.29) is 5.91 Å². The molecule has 6 nitrogen and oxygen atoms in total. The minimum atomic E-state index is -0.264. The van der Waals surface area contributed by atoms with Gasteiger partial charge < -0.3 is 15.4 Å². The highest BCUT2D eigenvalue weighted by Gasteiger charge is 2.12. The Morgan fingerprint density at radius 1 is 1.00 bits per heavy atom. The first-order valence-electron chi connectivity index (χ1n) is 9.05. The normalized spacial score (nSPS) is 10.4. The number of methoxy groups -OCH3 is 1. The largest absolute Gasteiger partial charge is 0.496 e. The van der Waals surface area contributed by atoms with E-state index in [9.17, 15) is 4.79 Å². The van der Waals surface area contributed by atoms with Crippen molar-refractivity contribution in [2.75, 3.05) is 12.4 Å². The van der Waals surface area contributed by atoms with E-state index in [1.807, 2.05) is 57.2 Å². The van der Waals surface area contributed by atoms with Gasteiger partial charge in [-0.2, -0.15) is 0 Å². The Balaban J connectivity index is 1.75. The molecule has 0 fully saturated rings. The standard InChI is InChI=1S/C22H24N4O2/c1-14-9-15(2)11-18(10-14)25-22-24-16(3)12-19(26-22)21(27)23-13-17-7-5-6-8-20(17)28-4/h5-12H,13H2,1-4H3,(H,23,27)(H,24,25,26). The van der Waals surface area contributed by atoms with Gasteiger partial charge in [0.1, 0.15) is 11.4 Å². The minimum Gasteiger partial charge on any atom is -0.496 e. The molecule has 1 heterocycles. The Morgan fingerprint density at radius 3 is 2.43 bits per heavy atom. The van der Waals surface area contributed by atoms with Crippen LogP contribution in [0.5, 0.6) is 5.75 Å². The summed E-state index contributed by atoms with van der Waals surface area (Å²) in [7, 11) is 1.61. The van der Waals surface area contributed by atoms with Crippen LogP contribution >= 0.6 is 0 Å². The van der Waals surface area contributed by atoms with Gasteiger partial charge in [0.15, 0.2) is 0 Å². The van der Waals surface area contributed by atoms with Crippen molar-refractivity contribution >= 4 is 17.5 Å². The third-order valence-corrected chi connectivity index (χ3v) is 4.20. The number of nitrogens with zero attached hydrogens (tertiary/aromatic N) is 2. The summed E-state index contributed by atoms with van der Waals surface area (Å²) in [6.45, 7) is 6.26. The number of hydrogen-bond donors (Lipinski definition) is 2. The highest BCUT2D eigenvalue weighted by atomic mass is 16.5. The van der Waals surface area contributed by atoms with E-state index >= 15 is 0 Å². The van der Waals surface area contributed by atoms with E-state index in [1.54, 1.807) is 13.2 Å². The lowest BCUT2D eigenvalue weighted by molar-refractivity contribution is 0.0945. The summed E-state index contributed by atoms with van der Waals surface area (Å²) in [6.07, 6.45) is 0. The van der Waals surface area contributed by atoms with Gasteiger partial charge in [-0.3, -0.25) is 4.79 Å². The average Bonchev–Trinajstić information content (AvgIpc) is 2.65. The SMILES string of the molecule is COc1ccccc1CNC(=O)c1cc(C)nc(Nc2cc(C)cc(C)c2)n1. The minimum absolute atomic E-state index is 0.264. The van der Waals surface area contributed by atoms with Crippen LogP contribution in [0.3, 0.4) is 0 Å². The highest BCUT2D eigenvalue weighted by molar-refractivity contribution is 5.92. The fourth-order valence-corrected chi connectivity index (χ4v) is 3.03. The zero-order valence-corrected chi connectivity index (χ0v) is 16.5. The van der Waals surface area contributed by atoms with Crippen molar-refractivity contribution in [3.63, 3.8) is 0 Å². The van der Waals surface area contributed by atoms with Gasteiger partial charge in [0.25, 0.3) is 5.91 Å². The summed E-state index contributed by atoms with van der Waals surface area (Å²) in [5, 5.41) is 6.08. The van der Waals surface area contributed by atoms with Crippen LogP contribution in [-0.2, 0) is 6.54 Å². The van der Waals surface area contributed by atoms with E-state index in [2.05, 4.69) is 26.7 Å². The van der Waals surface area contributed by atoms with Crippen LogP contribution in [0.4, 0.5) is 11.6 Å². The molecule has 144 valence electrons. The van der Waals surface area contributed by atoms with Gasteiger partial charge in [-0.1, -0.05) is 24.3 Å². The third kappa shape index (κ3) is 4.85. The van der Waals surface area contributed by atoms with E-state index < -0.39 is 0 Å². The molecule has 0 saturated heterocycles. The summed E-state index contributed by atoms with van der Waals surface area (Å²) in [6, 6.07) is 15.4. The first kappa shape index (κ1) is 19.4. The van der Waals surface area contributed by atoms with E-state index in [4.69, 9.17) is 4.74 Å². The van der Waals surface area contributed by atoms with Crippen LogP contribution < -0.4 is 15.4 Å². The van der Waals surface area contributed by atoms with Gasteiger partial charge in [-0.25, -0.2) is 9.97 Å². The number of hydrogen-bond acceptors (Lipinski definition) is 5. The van der Waals surface area contributed by atoms with E-state index in [0.29, 0.717) is 23.9 Å². The Morgan fingerprint density at radius 2 is 1.71 bits per heavy atom. The predicted octanol–water partition coefficient (Wildman–Crippen LogP) is 4.08. The topological polar surface area (TPSA) is 76.1 Å². The molecule has 0 atom stereocenters. The molecule has 3 rings (SSSR count). The molecule has 0 radical (unpaired) electrons. The maximum absolute atomic E-state index is 12.6. The van der Waals surface area contributed by atoms with Crippen LogP contribution in [0.25, 0.3) is 0 Å². The van der Waals surface area contributed by atoms with Gasteiger partial charge in [-0.05, 0) is 56.2 Å². The second-order valence-corrected chi connectivity index (χ2v) is 6.71. The van der Waals surface area contributed by atoms with Crippen LogP contribution in [0.1, 0.15) is 32.9 Å². The molecule has 28 heavy (non-hydrogen) atoms. The summed E-state index contributed by atoms with van der Waals surface area (Å²) in [5.41, 5.74) is 5.11. The number of aromatic nitrogens is 2. The Labute approximate surface area is 165 Å². The molecule has 2 N–H and O–H groups in total. The quantitative estimate of drug-likeness (QED) is 0.678. The maximum atomic E-state index is 12.6. The molecule has 2 aromatic carbocycles. The first-order chi connectivity index (χ1) is 13.4. The van der Waals surface area contributed by atoms with Gasteiger partial charge in [0.2, 0.25) is 5.95 Å². The second-order valence-electron chi connectivity index (χ2n) is 6.71. The number of ether oxygens (including phenoxy) is 1. The number of carbonyl (C=O) groups is 1. The molecular formula is C22H24N4O2. The average molecular weight is 376 g/mol. The Hall–Kier alpha value is -3.41. The highest BCUT2D eigenvalue weighted by Crippen LogP contribution is 2.19. The molecule has 3 aromatic rings. The molecule has 0 spiro atoms. The van der Waals surface area contributed by atoms with Crippen LogP contribution in [0.15, 0.2) is 48.5 Å². The Kier molecular flexibility index (Phi) is 5.89. The van der Waals surface area contributed by atoms with Crippen LogP contribution in [0, 0.1) is 20.8 Å². The molecular weight excluding hydrogens is 352 g/mol. The molecule has 1 amide bonds. The van der Waals surface area contributed by atoms with Gasteiger partial charge in [0.05, 0.1) is 7.11 Å². The van der Waals surface area contributed by atoms with Crippen molar-refractivity contribution in [1.82, 2.24) is 15.3 Å². The second kappa shape index (κ2) is 8.52. The number of nitrogens with one attached hydrogen (secondary N) is 2. The molecule has 0 aliphatic heterocycles. The van der Waals surface area contributed by atoms with Crippen molar-refractivity contribution in [2.24, 2.45) is 0 Å². The lowest BCUT2D eigenvalue weighted by atomic mass is 10.1. The molecule has 0 unspecified atom stereocenters. The number of anilines is 2. The number of para-hydroxylation sites is 1. The summed E-state index contributed by atoms with van der Waals surface area (Å²) in [5.74, 6) is 0.867. The van der Waals surface area contributed by atoms with Crippen molar-refractivity contribution < 1.29 is 9.53 Å². The lowest BCUT2D eigenvalue weighted by Gasteiger charge is -2.11. The maximum Gasteiger partial charge on any atom is 0.270 e. The van der Waals surface area contributed by atoms with Crippen molar-refractivity contribution in [3.05, 3.63) is 76.6 Å². The molecule has 0 aliphatic rings. The zero-order valence-electron chi connectivity index (χ0n) is 16.5. The third-order valence-electron chi connectivity index (χ3n) is 4.20. The molecule has 0 aliphatic carbocycles. The number of carbonyl (C=O) groups excluding carboxylic acids is 1. The van der Waals surface area contributed by atoms with Crippen LogP contribution in [0.2, 0.25) is 0 Å². The molecule has 6 heteroatoms. The molecule has 0 bridgehead atoms. The van der Waals surface area contributed by atoms with Crippen molar-refractivity contribution in [1.29, 1.82) is 0 Å². The number of benzene rings is 2. The Bertz CT molecular complexity index is 981. The van der Waals surface area contributed by atoms with Crippen molar-refractivity contribution in [3.8, 4) is 5.75 Å². The van der Waals surface area contributed by atoms with Crippen LogP contribution in [-0.4, -0.2) is 23.0 Å². The van der Waals surface area contributed by atoms with Crippen molar-refractivity contribution in [2.45, 2.75) is 27.3 Å². The van der Waals surface area contributed by atoms with Gasteiger partial charge >= 0.3 is 0 Å². The number of rotatable bonds is 6. The summed E-state index contributed by atoms with van der Waals surface area (Å²) in [4.78, 5) is 21.4. The summed E-state index contributed by atoms with van der Waals surface area (Å²) >= 11 is 0. The number of aryl methyl sites for hydroxylation is 3. The summed E-state index contributed by atoms with van der Waals surface area (Å²) < 4.78 is 5.32. The number of amides is 1. The molecule has 1 aromatic heterocycles. The monoisotopic (exact) mass is 376 g/mol. The zero-order chi connectivity index (χ0) is 20.1. The van der Waals surface area contributed by atoms with Gasteiger partial charge in [0, 0.05) is 23.5 Å².